The SMILES string of the molecule is Cc1cccn2c(CC(=O)N3C[C@H]4CCN(C)C(=O)[C@H]4C3)cnc12. The van der Waals surface area contributed by atoms with E-state index in [0.29, 0.717) is 25.4 Å². The first-order valence-electron chi connectivity index (χ1n) is 8.49. The highest BCUT2D eigenvalue weighted by Gasteiger charge is 2.43. The fourth-order valence-electron chi connectivity index (χ4n) is 4.00. The zero-order chi connectivity index (χ0) is 16.8. The van der Waals surface area contributed by atoms with E-state index in [1.165, 1.54) is 0 Å². The van der Waals surface area contributed by atoms with Crippen LogP contribution in [0.15, 0.2) is 24.5 Å². The minimum absolute atomic E-state index is 0.0165. The molecule has 6 heteroatoms. The number of rotatable bonds is 2. The molecule has 0 saturated carbocycles. The summed E-state index contributed by atoms with van der Waals surface area (Å²) in [4.78, 5) is 33.1. The molecule has 2 aliphatic heterocycles. The van der Waals surface area contributed by atoms with Gasteiger partial charge < -0.3 is 14.2 Å². The standard InChI is InChI=1S/C18H22N4O2/c1-12-4-3-6-22-14(9-19-17(12)22)8-16(23)21-10-13-5-7-20(2)18(24)15(13)11-21/h3-4,6,9,13,15H,5,7-8,10-11H2,1-2H3/t13-,15+/m1/s1. The Hall–Kier alpha value is -2.37. The number of pyridine rings is 1. The number of amides is 2. The number of hydrogen-bond acceptors (Lipinski definition) is 3. The number of nitrogens with zero attached hydrogens (tertiary/aromatic N) is 4. The molecule has 0 N–H and O–H groups in total. The smallest absolute Gasteiger partial charge is 0.228 e. The number of carbonyl (C=O) groups is 2. The highest BCUT2D eigenvalue weighted by Crippen LogP contribution is 2.31. The molecule has 2 aromatic heterocycles. The largest absolute Gasteiger partial charge is 0.345 e. The third-order valence-corrected chi connectivity index (χ3v) is 5.46. The number of piperidine rings is 1. The number of carbonyl (C=O) groups excluding carboxylic acids is 2. The van der Waals surface area contributed by atoms with Gasteiger partial charge in [-0.15, -0.1) is 0 Å². The number of imidazole rings is 1. The molecule has 2 aliphatic rings. The average Bonchev–Trinajstić information content (AvgIpc) is 3.17. The molecule has 0 aromatic carbocycles. The van der Waals surface area contributed by atoms with Crippen LogP contribution in [0.3, 0.4) is 0 Å². The molecule has 0 radical (unpaired) electrons. The molecule has 2 saturated heterocycles. The predicted molar refractivity (Wildman–Crippen MR) is 89.4 cm³/mol. The van der Waals surface area contributed by atoms with Crippen molar-refractivity contribution in [3.8, 4) is 0 Å². The predicted octanol–water partition coefficient (Wildman–Crippen LogP) is 1.12. The summed E-state index contributed by atoms with van der Waals surface area (Å²) in [7, 11) is 1.85. The van der Waals surface area contributed by atoms with Crippen LogP contribution in [0.25, 0.3) is 5.65 Å². The molecule has 4 heterocycles. The van der Waals surface area contributed by atoms with Gasteiger partial charge in [-0.3, -0.25) is 9.59 Å². The van der Waals surface area contributed by atoms with E-state index in [0.717, 1.165) is 29.9 Å². The Morgan fingerprint density at radius 1 is 1.38 bits per heavy atom. The Kier molecular flexibility index (Phi) is 3.55. The van der Waals surface area contributed by atoms with Crippen molar-refractivity contribution in [3.05, 3.63) is 35.8 Å². The molecular weight excluding hydrogens is 304 g/mol. The number of aryl methyl sites for hydroxylation is 1. The van der Waals surface area contributed by atoms with Crippen LogP contribution >= 0.6 is 0 Å². The van der Waals surface area contributed by atoms with Gasteiger partial charge in [-0.1, -0.05) is 6.07 Å². The average molecular weight is 326 g/mol. The van der Waals surface area contributed by atoms with Crippen molar-refractivity contribution in [3.63, 3.8) is 0 Å². The third-order valence-electron chi connectivity index (χ3n) is 5.46. The Balaban J connectivity index is 1.51. The van der Waals surface area contributed by atoms with Crippen LogP contribution in [0.4, 0.5) is 0 Å². The lowest BCUT2D eigenvalue weighted by Gasteiger charge is -2.30. The molecule has 0 bridgehead atoms. The molecule has 4 rings (SSSR count). The van der Waals surface area contributed by atoms with Gasteiger partial charge in [-0.2, -0.15) is 0 Å². The zero-order valence-electron chi connectivity index (χ0n) is 14.1. The van der Waals surface area contributed by atoms with Crippen LogP contribution in [0.2, 0.25) is 0 Å². The van der Waals surface area contributed by atoms with Crippen LogP contribution in [0, 0.1) is 18.8 Å². The van der Waals surface area contributed by atoms with E-state index in [2.05, 4.69) is 4.98 Å². The second-order valence-corrected chi connectivity index (χ2v) is 7.02. The zero-order valence-corrected chi connectivity index (χ0v) is 14.1. The second-order valence-electron chi connectivity index (χ2n) is 7.02. The maximum atomic E-state index is 12.7. The number of hydrogen-bond donors (Lipinski definition) is 0. The molecular formula is C18H22N4O2. The van der Waals surface area contributed by atoms with Crippen molar-refractivity contribution >= 4 is 17.5 Å². The van der Waals surface area contributed by atoms with E-state index in [-0.39, 0.29) is 17.7 Å². The normalized spacial score (nSPS) is 23.8. The summed E-state index contributed by atoms with van der Waals surface area (Å²) in [5.41, 5.74) is 2.89. The van der Waals surface area contributed by atoms with E-state index in [4.69, 9.17) is 0 Å². The molecule has 2 amide bonds. The summed E-state index contributed by atoms with van der Waals surface area (Å²) in [6.07, 6.45) is 5.04. The Labute approximate surface area is 141 Å². The van der Waals surface area contributed by atoms with E-state index in [9.17, 15) is 9.59 Å². The molecule has 126 valence electrons. The molecule has 2 aromatic rings. The van der Waals surface area contributed by atoms with Gasteiger partial charge in [0.2, 0.25) is 11.8 Å². The molecule has 2 fully saturated rings. The summed E-state index contributed by atoms with van der Waals surface area (Å²) < 4.78 is 1.98. The number of likely N-dealkylation sites (tertiary alicyclic amines) is 2. The maximum Gasteiger partial charge on any atom is 0.228 e. The lowest BCUT2D eigenvalue weighted by Crippen LogP contribution is -2.42. The van der Waals surface area contributed by atoms with Gasteiger partial charge in [0.15, 0.2) is 0 Å². The fraction of sp³-hybridized carbons (Fsp3) is 0.500. The van der Waals surface area contributed by atoms with Gasteiger partial charge in [-0.05, 0) is 30.9 Å². The summed E-state index contributed by atoms with van der Waals surface area (Å²) in [5, 5.41) is 0. The highest BCUT2D eigenvalue weighted by atomic mass is 16.2. The number of fused-ring (bicyclic) bond motifs is 2. The lowest BCUT2D eigenvalue weighted by molar-refractivity contribution is -0.138. The molecule has 2 atom stereocenters. The van der Waals surface area contributed by atoms with E-state index in [1.807, 2.05) is 41.6 Å². The van der Waals surface area contributed by atoms with Gasteiger partial charge in [0.05, 0.1) is 18.0 Å². The van der Waals surface area contributed by atoms with Gasteiger partial charge >= 0.3 is 0 Å². The van der Waals surface area contributed by atoms with Crippen LogP contribution < -0.4 is 0 Å². The first-order chi connectivity index (χ1) is 11.5. The molecule has 0 spiro atoms. The van der Waals surface area contributed by atoms with Gasteiger partial charge in [-0.25, -0.2) is 4.98 Å². The van der Waals surface area contributed by atoms with Crippen molar-refractivity contribution in [1.29, 1.82) is 0 Å². The maximum absolute atomic E-state index is 12.7. The minimum Gasteiger partial charge on any atom is -0.345 e. The van der Waals surface area contributed by atoms with Crippen LogP contribution in [-0.2, 0) is 16.0 Å². The van der Waals surface area contributed by atoms with E-state index >= 15 is 0 Å². The summed E-state index contributed by atoms with van der Waals surface area (Å²) in [6, 6.07) is 3.98. The summed E-state index contributed by atoms with van der Waals surface area (Å²) >= 11 is 0. The summed E-state index contributed by atoms with van der Waals surface area (Å²) in [6.45, 7) is 4.08. The van der Waals surface area contributed by atoms with Gasteiger partial charge in [0.25, 0.3) is 0 Å². The van der Waals surface area contributed by atoms with Gasteiger partial charge in [0.1, 0.15) is 5.65 Å². The Morgan fingerprint density at radius 2 is 2.21 bits per heavy atom. The topological polar surface area (TPSA) is 57.9 Å². The first kappa shape index (κ1) is 15.2. The van der Waals surface area contributed by atoms with Crippen LogP contribution in [0.1, 0.15) is 17.7 Å². The number of aromatic nitrogens is 2. The van der Waals surface area contributed by atoms with E-state index in [1.54, 1.807) is 11.1 Å². The second kappa shape index (κ2) is 5.61. The Bertz CT molecular complexity index is 812. The first-order valence-corrected chi connectivity index (χ1v) is 8.49. The molecule has 0 unspecified atom stereocenters. The molecule has 0 aliphatic carbocycles. The van der Waals surface area contributed by atoms with Crippen molar-refractivity contribution in [1.82, 2.24) is 19.2 Å². The monoisotopic (exact) mass is 326 g/mol. The van der Waals surface area contributed by atoms with Crippen molar-refractivity contribution in [2.24, 2.45) is 11.8 Å². The minimum atomic E-state index is -0.0165. The summed E-state index contributed by atoms with van der Waals surface area (Å²) in [5.74, 6) is 0.578. The molecule has 24 heavy (non-hydrogen) atoms. The Morgan fingerprint density at radius 3 is 3.04 bits per heavy atom. The van der Waals surface area contributed by atoms with Crippen molar-refractivity contribution in [2.45, 2.75) is 19.8 Å². The fourth-order valence-corrected chi connectivity index (χ4v) is 4.00. The van der Waals surface area contributed by atoms with Gasteiger partial charge in [0, 0.05) is 39.1 Å². The van der Waals surface area contributed by atoms with E-state index < -0.39 is 0 Å². The highest BCUT2D eigenvalue weighted by molar-refractivity contribution is 5.84. The van der Waals surface area contributed by atoms with Crippen LogP contribution in [0.5, 0.6) is 0 Å². The third kappa shape index (κ3) is 2.37. The van der Waals surface area contributed by atoms with Crippen molar-refractivity contribution in [2.75, 3.05) is 26.7 Å². The molecule has 6 nitrogen and oxygen atoms in total. The quantitative estimate of drug-likeness (QED) is 0.831. The van der Waals surface area contributed by atoms with Crippen molar-refractivity contribution < 1.29 is 9.59 Å². The lowest BCUT2D eigenvalue weighted by atomic mass is 9.88. The van der Waals surface area contributed by atoms with Crippen LogP contribution in [-0.4, -0.2) is 57.7 Å².